The Morgan fingerprint density at radius 1 is 1.35 bits per heavy atom. The van der Waals surface area contributed by atoms with Gasteiger partial charge in [0.2, 0.25) is 0 Å². The molecule has 23 heavy (non-hydrogen) atoms. The molecule has 1 aromatic heterocycles. The van der Waals surface area contributed by atoms with E-state index in [-0.39, 0.29) is 0 Å². The van der Waals surface area contributed by atoms with Crippen molar-refractivity contribution in [2.24, 2.45) is 4.99 Å². The van der Waals surface area contributed by atoms with Gasteiger partial charge in [-0.3, -0.25) is 0 Å². The highest BCUT2D eigenvalue weighted by molar-refractivity contribution is 5.81. The van der Waals surface area contributed by atoms with Crippen molar-refractivity contribution >= 4 is 16.9 Å². The lowest BCUT2D eigenvalue weighted by molar-refractivity contribution is 0.0992. The van der Waals surface area contributed by atoms with E-state index >= 15 is 0 Å². The van der Waals surface area contributed by atoms with Crippen molar-refractivity contribution in [2.75, 3.05) is 6.54 Å². The first kappa shape index (κ1) is 14.6. The van der Waals surface area contributed by atoms with Crippen LogP contribution in [0.3, 0.4) is 0 Å². The van der Waals surface area contributed by atoms with Gasteiger partial charge < -0.3 is 20.4 Å². The lowest BCUT2D eigenvalue weighted by atomic mass is 9.96. The van der Waals surface area contributed by atoms with Gasteiger partial charge in [0.25, 0.3) is 0 Å². The van der Waals surface area contributed by atoms with Crippen LogP contribution in [0.1, 0.15) is 31.9 Å². The number of ether oxygens (including phenoxy) is 1. The van der Waals surface area contributed by atoms with E-state index in [1.165, 1.54) is 18.2 Å². The maximum Gasteiger partial charge on any atom is 0.191 e. The van der Waals surface area contributed by atoms with Crippen LogP contribution in [0.15, 0.2) is 35.3 Å². The van der Waals surface area contributed by atoms with Crippen molar-refractivity contribution in [3.8, 4) is 0 Å². The van der Waals surface area contributed by atoms with E-state index in [2.05, 4.69) is 46.8 Å². The number of nitrogens with one attached hydrogen (secondary N) is 3. The maximum absolute atomic E-state index is 5.92. The van der Waals surface area contributed by atoms with Crippen LogP contribution in [0.25, 0.3) is 10.9 Å². The number of hydrogen-bond donors (Lipinski definition) is 3. The van der Waals surface area contributed by atoms with Gasteiger partial charge in [-0.05, 0) is 43.7 Å². The molecule has 2 aromatic rings. The van der Waals surface area contributed by atoms with E-state index in [0.29, 0.717) is 24.8 Å². The van der Waals surface area contributed by atoms with Gasteiger partial charge in [0.1, 0.15) is 0 Å². The average Bonchev–Trinajstić information content (AvgIpc) is 3.27. The summed E-state index contributed by atoms with van der Waals surface area (Å²) in [6.45, 7) is 3.60. The van der Waals surface area contributed by atoms with E-state index in [9.17, 15) is 0 Å². The Bertz CT molecular complexity index is 675. The number of hydrogen-bond acceptors (Lipinski definition) is 2. The molecule has 3 unspecified atom stereocenters. The van der Waals surface area contributed by atoms with Crippen molar-refractivity contribution in [3.63, 3.8) is 0 Å². The zero-order valence-electron chi connectivity index (χ0n) is 13.5. The molecule has 3 heterocycles. The minimum atomic E-state index is 0.358. The molecule has 3 N–H and O–H groups in total. The predicted molar refractivity (Wildman–Crippen MR) is 92.6 cm³/mol. The number of aliphatic imine (C=N–C) groups is 1. The van der Waals surface area contributed by atoms with Crippen molar-refractivity contribution in [3.05, 3.63) is 36.0 Å². The van der Waals surface area contributed by atoms with Crippen LogP contribution in [0, 0.1) is 0 Å². The lowest BCUT2D eigenvalue weighted by Crippen LogP contribution is -2.47. The van der Waals surface area contributed by atoms with Crippen molar-refractivity contribution < 1.29 is 4.74 Å². The van der Waals surface area contributed by atoms with Crippen LogP contribution in [-0.2, 0) is 11.3 Å². The highest BCUT2D eigenvalue weighted by atomic mass is 16.5. The molecular formula is C18H24N4O. The Kier molecular flexibility index (Phi) is 3.95. The van der Waals surface area contributed by atoms with Gasteiger partial charge >= 0.3 is 0 Å². The number of nitrogens with zero attached hydrogens (tertiary/aromatic N) is 1. The zero-order valence-corrected chi connectivity index (χ0v) is 13.5. The van der Waals surface area contributed by atoms with Crippen LogP contribution in [0.4, 0.5) is 0 Å². The summed E-state index contributed by atoms with van der Waals surface area (Å²) in [5, 5.41) is 8.13. The fourth-order valence-electron chi connectivity index (χ4n) is 3.67. The van der Waals surface area contributed by atoms with Gasteiger partial charge in [-0.2, -0.15) is 0 Å². The predicted octanol–water partition coefficient (Wildman–Crippen LogP) is 2.54. The summed E-state index contributed by atoms with van der Waals surface area (Å²) >= 11 is 0. The molecule has 5 nitrogen and oxygen atoms in total. The smallest absolute Gasteiger partial charge is 0.191 e. The first-order valence-corrected chi connectivity index (χ1v) is 8.59. The molecule has 5 heteroatoms. The monoisotopic (exact) mass is 312 g/mol. The molecule has 4 rings (SSSR count). The largest absolute Gasteiger partial charge is 0.373 e. The van der Waals surface area contributed by atoms with Crippen LogP contribution < -0.4 is 10.6 Å². The fraction of sp³-hybridized carbons (Fsp3) is 0.500. The van der Waals surface area contributed by atoms with Gasteiger partial charge in [0.05, 0.1) is 24.8 Å². The summed E-state index contributed by atoms with van der Waals surface area (Å²) in [4.78, 5) is 8.16. The molecule has 122 valence electrons. The van der Waals surface area contributed by atoms with Crippen LogP contribution >= 0.6 is 0 Å². The van der Waals surface area contributed by atoms with Crippen molar-refractivity contribution in [1.82, 2.24) is 15.6 Å². The molecule has 2 aliphatic heterocycles. The summed E-state index contributed by atoms with van der Waals surface area (Å²) in [6, 6.07) is 10.9. The van der Waals surface area contributed by atoms with Crippen molar-refractivity contribution in [1.29, 1.82) is 0 Å². The third-order valence-electron chi connectivity index (χ3n) is 4.77. The highest BCUT2D eigenvalue weighted by Gasteiger charge is 2.41. The molecule has 2 bridgehead atoms. The normalized spacial score (nSPS) is 26.8. The van der Waals surface area contributed by atoms with Crippen LogP contribution in [-0.4, -0.2) is 35.7 Å². The maximum atomic E-state index is 5.92. The molecule has 2 aliphatic rings. The van der Waals surface area contributed by atoms with Crippen molar-refractivity contribution in [2.45, 2.75) is 51.0 Å². The molecular weight excluding hydrogens is 288 g/mol. The summed E-state index contributed by atoms with van der Waals surface area (Å²) in [5.41, 5.74) is 2.30. The third-order valence-corrected chi connectivity index (χ3v) is 4.77. The van der Waals surface area contributed by atoms with Gasteiger partial charge in [-0.1, -0.05) is 18.2 Å². The highest BCUT2D eigenvalue weighted by Crippen LogP contribution is 2.34. The first-order valence-electron chi connectivity index (χ1n) is 8.59. The number of rotatable bonds is 4. The average molecular weight is 312 g/mol. The lowest BCUT2D eigenvalue weighted by Gasteiger charge is -2.22. The Labute approximate surface area is 136 Å². The van der Waals surface area contributed by atoms with E-state index in [4.69, 9.17) is 9.73 Å². The molecule has 0 amide bonds. The number of aromatic amines is 1. The Morgan fingerprint density at radius 3 is 3.00 bits per heavy atom. The first-order chi connectivity index (χ1) is 11.3. The van der Waals surface area contributed by atoms with E-state index < -0.39 is 0 Å². The summed E-state index contributed by atoms with van der Waals surface area (Å²) in [5.74, 6) is 0.882. The third kappa shape index (κ3) is 3.06. The topological polar surface area (TPSA) is 61.4 Å². The Hall–Kier alpha value is -2.01. The van der Waals surface area contributed by atoms with Gasteiger partial charge in [0, 0.05) is 17.8 Å². The number of aromatic nitrogens is 1. The molecule has 0 spiro atoms. The molecule has 2 fully saturated rings. The number of para-hydroxylation sites is 1. The minimum Gasteiger partial charge on any atom is -0.373 e. The van der Waals surface area contributed by atoms with E-state index in [1.807, 2.05) is 6.07 Å². The van der Waals surface area contributed by atoms with E-state index in [1.54, 1.807) is 0 Å². The number of guanidine groups is 1. The molecule has 0 saturated carbocycles. The van der Waals surface area contributed by atoms with Gasteiger partial charge in [0.15, 0.2) is 5.96 Å². The SMILES string of the molecule is CCNC(=NCc1cc2ccccc2[nH]1)NC1CC2CCC1O2. The molecule has 1 aromatic carbocycles. The molecule has 0 radical (unpaired) electrons. The second-order valence-electron chi connectivity index (χ2n) is 6.44. The minimum absolute atomic E-state index is 0.358. The molecule has 3 atom stereocenters. The fourth-order valence-corrected chi connectivity index (χ4v) is 3.67. The number of fused-ring (bicyclic) bond motifs is 3. The van der Waals surface area contributed by atoms with Crippen LogP contribution in [0.5, 0.6) is 0 Å². The second kappa shape index (κ2) is 6.24. The Balaban J connectivity index is 1.44. The van der Waals surface area contributed by atoms with Crippen LogP contribution in [0.2, 0.25) is 0 Å². The molecule has 0 aliphatic carbocycles. The second-order valence-corrected chi connectivity index (χ2v) is 6.44. The van der Waals surface area contributed by atoms with Gasteiger partial charge in [-0.15, -0.1) is 0 Å². The number of H-pyrrole nitrogens is 1. The summed E-state index contributed by atoms with van der Waals surface area (Å²) in [7, 11) is 0. The number of benzene rings is 1. The quantitative estimate of drug-likeness (QED) is 0.600. The molecule has 2 saturated heterocycles. The van der Waals surface area contributed by atoms with E-state index in [0.717, 1.165) is 30.1 Å². The summed E-state index contributed by atoms with van der Waals surface area (Å²) in [6.07, 6.45) is 4.29. The Morgan fingerprint density at radius 2 is 2.26 bits per heavy atom. The zero-order chi connectivity index (χ0) is 15.6. The van der Waals surface area contributed by atoms with Gasteiger partial charge in [-0.25, -0.2) is 4.99 Å². The standard InChI is InChI=1S/C18H24N4O/c1-2-19-18(22-16-10-14-7-8-17(16)23-14)20-11-13-9-12-5-3-4-6-15(12)21-13/h3-6,9,14,16-17,21H,2,7-8,10-11H2,1H3,(H2,19,20,22). The summed E-state index contributed by atoms with van der Waals surface area (Å²) < 4.78 is 5.92.